The average molecular weight is 311 g/mol. The molecule has 18 heavy (non-hydrogen) atoms. The molecule has 0 unspecified atom stereocenters. The zero-order valence-electron chi connectivity index (χ0n) is 11.2. The van der Waals surface area contributed by atoms with E-state index < -0.39 is 0 Å². The number of carbonyl (C=O) groups is 1. The Morgan fingerprint density at radius 2 is 2.00 bits per heavy atom. The lowest BCUT2D eigenvalue weighted by Crippen LogP contribution is -2.27. The highest BCUT2D eigenvalue weighted by Crippen LogP contribution is 2.67. The third-order valence-electron chi connectivity index (χ3n) is 4.79. The van der Waals surface area contributed by atoms with Crippen molar-refractivity contribution >= 4 is 21.8 Å². The third kappa shape index (κ3) is 2.07. The number of nitrogens with one attached hydrogen (secondary N) is 1. The molecule has 0 bridgehead atoms. The minimum absolute atomic E-state index is 0.0616. The van der Waals surface area contributed by atoms with Gasteiger partial charge in [-0.15, -0.1) is 0 Å². The number of nitrogens with zero attached hydrogens (tertiary/aromatic N) is 1. The fourth-order valence-corrected chi connectivity index (χ4v) is 3.12. The maximum Gasteiger partial charge on any atom is 0.254 e. The van der Waals surface area contributed by atoms with Gasteiger partial charge < -0.3 is 5.32 Å². The van der Waals surface area contributed by atoms with Crippen LogP contribution in [0.4, 0.5) is 0 Å². The molecule has 0 atom stereocenters. The third-order valence-corrected chi connectivity index (χ3v) is 5.42. The van der Waals surface area contributed by atoms with E-state index in [-0.39, 0.29) is 5.91 Å². The Morgan fingerprint density at radius 3 is 2.50 bits per heavy atom. The van der Waals surface area contributed by atoms with Gasteiger partial charge in [-0.2, -0.15) is 0 Å². The fourth-order valence-electron chi connectivity index (χ4n) is 2.69. The van der Waals surface area contributed by atoms with Crippen LogP contribution in [-0.2, 0) is 0 Å². The van der Waals surface area contributed by atoms with Crippen LogP contribution in [0.3, 0.4) is 0 Å². The lowest BCUT2D eigenvalue weighted by atomic mass is 10.0. The molecule has 0 radical (unpaired) electrons. The molecular formula is C14H19BrN2O. The Kier molecular flexibility index (Phi) is 3.26. The van der Waals surface area contributed by atoms with E-state index in [1.807, 2.05) is 0 Å². The predicted molar refractivity (Wildman–Crippen MR) is 75.3 cm³/mol. The molecular weight excluding hydrogens is 292 g/mol. The Labute approximate surface area is 117 Å². The van der Waals surface area contributed by atoms with E-state index in [0.717, 1.165) is 6.54 Å². The highest BCUT2D eigenvalue weighted by Gasteiger charge is 2.64. The summed E-state index contributed by atoms with van der Waals surface area (Å²) in [7, 11) is 0. The minimum Gasteiger partial charge on any atom is -0.352 e. The van der Waals surface area contributed by atoms with Crippen LogP contribution in [0.25, 0.3) is 0 Å². The number of hydrogen-bond donors (Lipinski definition) is 1. The van der Waals surface area contributed by atoms with Crippen molar-refractivity contribution in [3.05, 3.63) is 28.5 Å². The first-order valence-electron chi connectivity index (χ1n) is 6.17. The van der Waals surface area contributed by atoms with Gasteiger partial charge >= 0.3 is 0 Å². The number of rotatable bonds is 3. The van der Waals surface area contributed by atoms with Gasteiger partial charge in [0.05, 0.1) is 5.56 Å². The molecule has 98 valence electrons. The van der Waals surface area contributed by atoms with Gasteiger partial charge in [-0.25, -0.2) is 4.98 Å². The van der Waals surface area contributed by atoms with Crippen LogP contribution in [0.5, 0.6) is 0 Å². The normalized spacial score (nSPS) is 20.5. The van der Waals surface area contributed by atoms with Crippen LogP contribution in [0.2, 0.25) is 0 Å². The van der Waals surface area contributed by atoms with Gasteiger partial charge in [0.25, 0.3) is 5.91 Å². The summed E-state index contributed by atoms with van der Waals surface area (Å²) in [5, 5.41) is 3.00. The lowest BCUT2D eigenvalue weighted by Gasteiger charge is -2.07. The molecule has 1 heterocycles. The topological polar surface area (TPSA) is 42.0 Å². The Morgan fingerprint density at radius 1 is 1.39 bits per heavy atom. The minimum atomic E-state index is -0.0616. The van der Waals surface area contributed by atoms with Crippen molar-refractivity contribution < 1.29 is 4.79 Å². The van der Waals surface area contributed by atoms with Crippen molar-refractivity contribution in [1.82, 2.24) is 10.3 Å². The zero-order chi connectivity index (χ0) is 13.6. The summed E-state index contributed by atoms with van der Waals surface area (Å²) in [5.74, 6) is 0.470. The van der Waals surface area contributed by atoms with Crippen molar-refractivity contribution in [3.63, 3.8) is 0 Å². The molecule has 1 saturated carbocycles. The summed E-state index contributed by atoms with van der Waals surface area (Å²) in [6.45, 7) is 9.74. The van der Waals surface area contributed by atoms with Gasteiger partial charge in [0.1, 0.15) is 4.60 Å². The number of carbonyl (C=O) groups excluding carboxylic acids is 1. The van der Waals surface area contributed by atoms with Crippen LogP contribution in [0, 0.1) is 16.7 Å². The van der Waals surface area contributed by atoms with Gasteiger partial charge in [-0.3, -0.25) is 4.79 Å². The van der Waals surface area contributed by atoms with Crippen LogP contribution < -0.4 is 5.32 Å². The van der Waals surface area contributed by atoms with Crippen molar-refractivity contribution in [2.24, 2.45) is 16.7 Å². The molecule has 1 fully saturated rings. The van der Waals surface area contributed by atoms with Crippen molar-refractivity contribution in [3.8, 4) is 0 Å². The Hall–Kier alpha value is -0.900. The van der Waals surface area contributed by atoms with Crippen molar-refractivity contribution in [2.75, 3.05) is 6.54 Å². The fraction of sp³-hybridized carbons (Fsp3) is 0.571. The van der Waals surface area contributed by atoms with Gasteiger partial charge in [0.15, 0.2) is 0 Å². The molecule has 1 aromatic rings. The predicted octanol–water partition coefficient (Wildman–Crippen LogP) is 3.26. The maximum absolute atomic E-state index is 12.0. The molecule has 1 N–H and O–H groups in total. The molecule has 1 aromatic heterocycles. The molecule has 0 spiro atoms. The number of pyridine rings is 1. The summed E-state index contributed by atoms with van der Waals surface area (Å²) in [4.78, 5) is 16.1. The number of halogens is 1. The van der Waals surface area contributed by atoms with Gasteiger partial charge in [0, 0.05) is 12.7 Å². The van der Waals surface area contributed by atoms with Crippen molar-refractivity contribution in [2.45, 2.75) is 27.7 Å². The highest BCUT2D eigenvalue weighted by atomic mass is 79.9. The molecule has 3 nitrogen and oxygen atoms in total. The quantitative estimate of drug-likeness (QED) is 0.871. The molecule has 1 aliphatic carbocycles. The lowest BCUT2D eigenvalue weighted by molar-refractivity contribution is 0.0948. The molecule has 4 heteroatoms. The van der Waals surface area contributed by atoms with Gasteiger partial charge in [-0.05, 0) is 44.8 Å². The van der Waals surface area contributed by atoms with E-state index in [1.165, 1.54) is 0 Å². The second kappa shape index (κ2) is 4.34. The van der Waals surface area contributed by atoms with Crippen LogP contribution in [0.1, 0.15) is 38.1 Å². The number of aromatic nitrogens is 1. The monoisotopic (exact) mass is 310 g/mol. The second-order valence-corrected chi connectivity index (χ2v) is 6.80. The zero-order valence-corrected chi connectivity index (χ0v) is 12.8. The molecule has 0 aromatic carbocycles. The van der Waals surface area contributed by atoms with Crippen LogP contribution in [0.15, 0.2) is 22.9 Å². The summed E-state index contributed by atoms with van der Waals surface area (Å²) in [6, 6.07) is 3.54. The second-order valence-electron chi connectivity index (χ2n) is 6.05. The van der Waals surface area contributed by atoms with E-state index in [2.05, 4.69) is 53.9 Å². The molecule has 2 rings (SSSR count). The van der Waals surface area contributed by atoms with Crippen LogP contribution >= 0.6 is 15.9 Å². The van der Waals surface area contributed by atoms with E-state index in [1.54, 1.807) is 18.3 Å². The highest BCUT2D eigenvalue weighted by molar-refractivity contribution is 9.10. The van der Waals surface area contributed by atoms with E-state index in [4.69, 9.17) is 0 Å². The standard InChI is InChI=1S/C14H19BrN2O/c1-13(2)10(14(13,3)4)8-17-12(18)9-6-5-7-16-11(9)15/h5-7,10H,8H2,1-4H3,(H,17,18). The first-order chi connectivity index (χ1) is 8.28. The summed E-state index contributed by atoms with van der Waals surface area (Å²) >= 11 is 3.29. The summed E-state index contributed by atoms with van der Waals surface area (Å²) in [5.41, 5.74) is 1.19. The van der Waals surface area contributed by atoms with E-state index >= 15 is 0 Å². The van der Waals surface area contributed by atoms with E-state index in [0.29, 0.717) is 26.9 Å². The van der Waals surface area contributed by atoms with E-state index in [9.17, 15) is 4.79 Å². The largest absolute Gasteiger partial charge is 0.352 e. The van der Waals surface area contributed by atoms with Gasteiger partial charge in [0.2, 0.25) is 0 Å². The van der Waals surface area contributed by atoms with Crippen LogP contribution in [-0.4, -0.2) is 17.4 Å². The first kappa shape index (κ1) is 13.5. The summed E-state index contributed by atoms with van der Waals surface area (Å²) < 4.78 is 0.594. The molecule has 0 aliphatic heterocycles. The first-order valence-corrected chi connectivity index (χ1v) is 6.96. The smallest absolute Gasteiger partial charge is 0.254 e. The SMILES string of the molecule is CC1(C)C(CNC(=O)c2cccnc2Br)C1(C)C. The molecule has 1 amide bonds. The van der Waals surface area contributed by atoms with Crippen molar-refractivity contribution in [1.29, 1.82) is 0 Å². The average Bonchev–Trinajstić information content (AvgIpc) is 2.67. The Bertz CT molecular complexity index is 468. The molecule has 1 aliphatic rings. The maximum atomic E-state index is 12.0. The number of hydrogen-bond acceptors (Lipinski definition) is 2. The summed E-state index contributed by atoms with van der Waals surface area (Å²) in [6.07, 6.45) is 1.66. The van der Waals surface area contributed by atoms with Gasteiger partial charge in [-0.1, -0.05) is 27.7 Å². The Balaban J connectivity index is 1.97. The number of amides is 1. The molecule has 0 saturated heterocycles.